The number of carboxylic acids is 1. The summed E-state index contributed by atoms with van der Waals surface area (Å²) in [7, 11) is 0. The lowest BCUT2D eigenvalue weighted by Crippen LogP contribution is -2.11. The molecule has 3 nitrogen and oxygen atoms in total. The summed E-state index contributed by atoms with van der Waals surface area (Å²) in [4.78, 5) is 10.2. The number of carboxylic acid groups (broad SMARTS) is 1. The number of ether oxygens (including phenoxy) is 1. The van der Waals surface area contributed by atoms with E-state index in [1.807, 2.05) is 0 Å². The molecule has 0 rings (SSSR count). The van der Waals surface area contributed by atoms with Gasteiger partial charge in [0.25, 0.3) is 0 Å². The Labute approximate surface area is 86.5 Å². The first kappa shape index (κ1) is 13.4. The summed E-state index contributed by atoms with van der Waals surface area (Å²) in [6.07, 6.45) is 4.88. The predicted molar refractivity (Wildman–Crippen MR) is 56.4 cm³/mol. The monoisotopic (exact) mass is 202 g/mol. The van der Waals surface area contributed by atoms with Crippen molar-refractivity contribution in [3.63, 3.8) is 0 Å². The van der Waals surface area contributed by atoms with Crippen molar-refractivity contribution < 1.29 is 14.6 Å². The molecule has 0 aromatic rings. The summed E-state index contributed by atoms with van der Waals surface area (Å²) >= 11 is 0. The Kier molecular flexibility index (Phi) is 8.64. The van der Waals surface area contributed by atoms with Crippen molar-refractivity contribution in [3.8, 4) is 0 Å². The van der Waals surface area contributed by atoms with E-state index in [1.165, 1.54) is 19.3 Å². The fourth-order valence-electron chi connectivity index (χ4n) is 1.31. The largest absolute Gasteiger partial charge is 0.481 e. The summed E-state index contributed by atoms with van der Waals surface area (Å²) in [5, 5.41) is 8.40. The zero-order chi connectivity index (χ0) is 10.8. The van der Waals surface area contributed by atoms with Gasteiger partial charge in [-0.05, 0) is 12.3 Å². The molecule has 0 radical (unpaired) electrons. The summed E-state index contributed by atoms with van der Waals surface area (Å²) in [5.74, 6) is -0.185. The Bertz CT molecular complexity index is 145. The molecule has 0 amide bonds. The number of rotatable bonds is 9. The highest BCUT2D eigenvalue weighted by Gasteiger charge is 2.06. The minimum Gasteiger partial charge on any atom is -0.481 e. The minimum absolute atomic E-state index is 0.115. The van der Waals surface area contributed by atoms with Crippen LogP contribution in [0, 0.1) is 5.92 Å². The molecule has 1 N–H and O–H groups in total. The van der Waals surface area contributed by atoms with Crippen molar-refractivity contribution in [3.05, 3.63) is 0 Å². The Hall–Kier alpha value is -0.570. The normalized spacial score (nSPS) is 12.7. The molecule has 0 unspecified atom stereocenters. The molecule has 0 bridgehead atoms. The van der Waals surface area contributed by atoms with Gasteiger partial charge in [0.15, 0.2) is 0 Å². The number of carbonyl (C=O) groups is 1. The van der Waals surface area contributed by atoms with Crippen LogP contribution in [0.2, 0.25) is 0 Å². The average molecular weight is 202 g/mol. The number of hydrogen-bond donors (Lipinski definition) is 1. The maximum atomic E-state index is 10.2. The summed E-state index contributed by atoms with van der Waals surface area (Å²) < 4.78 is 5.31. The van der Waals surface area contributed by atoms with Crippen molar-refractivity contribution in [2.45, 2.75) is 46.0 Å². The number of hydrogen-bond acceptors (Lipinski definition) is 2. The summed E-state index contributed by atoms with van der Waals surface area (Å²) in [6, 6.07) is 0. The smallest absolute Gasteiger partial charge is 0.305 e. The molecular weight excluding hydrogens is 180 g/mol. The van der Waals surface area contributed by atoms with Crippen molar-refractivity contribution in [1.82, 2.24) is 0 Å². The Balaban J connectivity index is 3.37. The van der Waals surface area contributed by atoms with Crippen LogP contribution in [0.5, 0.6) is 0 Å². The van der Waals surface area contributed by atoms with Gasteiger partial charge in [-0.1, -0.05) is 33.1 Å². The maximum Gasteiger partial charge on any atom is 0.305 e. The standard InChI is InChI=1S/C11H22O3/c1-3-5-6-10(4-2)9-14-8-7-11(12)13/h10H,3-9H2,1-2H3,(H,12,13)/t10-/m1/s1. The molecule has 1 atom stereocenters. The van der Waals surface area contributed by atoms with Crippen molar-refractivity contribution in [2.75, 3.05) is 13.2 Å². The van der Waals surface area contributed by atoms with Crippen LogP contribution in [0.3, 0.4) is 0 Å². The highest BCUT2D eigenvalue weighted by atomic mass is 16.5. The van der Waals surface area contributed by atoms with Gasteiger partial charge in [-0.3, -0.25) is 4.79 Å². The third-order valence-corrected chi connectivity index (χ3v) is 2.36. The Morgan fingerprint density at radius 2 is 2.14 bits per heavy atom. The second-order valence-electron chi connectivity index (χ2n) is 3.64. The molecule has 0 aliphatic heterocycles. The van der Waals surface area contributed by atoms with E-state index >= 15 is 0 Å². The molecule has 14 heavy (non-hydrogen) atoms. The first-order valence-electron chi connectivity index (χ1n) is 5.50. The van der Waals surface area contributed by atoms with Gasteiger partial charge in [0.1, 0.15) is 0 Å². The molecule has 0 aromatic carbocycles. The van der Waals surface area contributed by atoms with Crippen LogP contribution < -0.4 is 0 Å². The van der Waals surface area contributed by atoms with Gasteiger partial charge in [0.2, 0.25) is 0 Å². The van der Waals surface area contributed by atoms with E-state index < -0.39 is 5.97 Å². The molecule has 0 aliphatic rings. The molecule has 0 fully saturated rings. The lowest BCUT2D eigenvalue weighted by Gasteiger charge is -2.13. The zero-order valence-corrected chi connectivity index (χ0v) is 9.29. The Morgan fingerprint density at radius 1 is 1.43 bits per heavy atom. The van der Waals surface area contributed by atoms with E-state index in [1.54, 1.807) is 0 Å². The van der Waals surface area contributed by atoms with E-state index in [2.05, 4.69) is 13.8 Å². The van der Waals surface area contributed by atoms with Gasteiger partial charge >= 0.3 is 5.97 Å². The zero-order valence-electron chi connectivity index (χ0n) is 9.29. The lowest BCUT2D eigenvalue weighted by atomic mass is 10.0. The molecule has 3 heteroatoms. The van der Waals surface area contributed by atoms with Gasteiger partial charge in [-0.2, -0.15) is 0 Å². The highest BCUT2D eigenvalue weighted by Crippen LogP contribution is 2.12. The van der Waals surface area contributed by atoms with Crippen LogP contribution in [0.1, 0.15) is 46.0 Å². The summed E-state index contributed by atoms with van der Waals surface area (Å²) in [6.45, 7) is 5.39. The second-order valence-corrected chi connectivity index (χ2v) is 3.64. The van der Waals surface area contributed by atoms with E-state index in [0.717, 1.165) is 6.42 Å². The number of aliphatic carboxylic acids is 1. The third kappa shape index (κ3) is 8.05. The van der Waals surface area contributed by atoms with Crippen molar-refractivity contribution >= 4 is 5.97 Å². The Morgan fingerprint density at radius 3 is 2.64 bits per heavy atom. The molecule has 0 saturated heterocycles. The average Bonchev–Trinajstić information content (AvgIpc) is 2.16. The summed E-state index contributed by atoms with van der Waals surface area (Å²) in [5.41, 5.74) is 0. The van der Waals surface area contributed by atoms with Crippen LogP contribution in [0.4, 0.5) is 0 Å². The van der Waals surface area contributed by atoms with Crippen LogP contribution >= 0.6 is 0 Å². The predicted octanol–water partition coefficient (Wildman–Crippen LogP) is 2.69. The highest BCUT2D eigenvalue weighted by molar-refractivity contribution is 5.66. The van der Waals surface area contributed by atoms with Gasteiger partial charge < -0.3 is 9.84 Å². The van der Waals surface area contributed by atoms with Crippen molar-refractivity contribution in [1.29, 1.82) is 0 Å². The van der Waals surface area contributed by atoms with Crippen molar-refractivity contribution in [2.24, 2.45) is 5.92 Å². The molecule has 0 spiro atoms. The SMILES string of the molecule is CCCC[C@@H](CC)COCCC(=O)O. The van der Waals surface area contributed by atoms with E-state index in [0.29, 0.717) is 19.1 Å². The topological polar surface area (TPSA) is 46.5 Å². The fourth-order valence-corrected chi connectivity index (χ4v) is 1.31. The van der Waals surface area contributed by atoms with Gasteiger partial charge in [-0.15, -0.1) is 0 Å². The fraction of sp³-hybridized carbons (Fsp3) is 0.909. The second kappa shape index (κ2) is 9.00. The van der Waals surface area contributed by atoms with Crippen LogP contribution in [-0.4, -0.2) is 24.3 Å². The number of unbranched alkanes of at least 4 members (excludes halogenated alkanes) is 1. The van der Waals surface area contributed by atoms with Gasteiger partial charge in [0, 0.05) is 6.61 Å². The minimum atomic E-state index is -0.786. The van der Waals surface area contributed by atoms with E-state index in [-0.39, 0.29) is 6.42 Å². The first-order chi connectivity index (χ1) is 6.70. The molecule has 0 aliphatic carbocycles. The molecule has 0 heterocycles. The van der Waals surface area contributed by atoms with E-state index in [4.69, 9.17) is 9.84 Å². The van der Waals surface area contributed by atoms with Crippen LogP contribution in [-0.2, 0) is 9.53 Å². The molecule has 84 valence electrons. The van der Waals surface area contributed by atoms with Gasteiger partial charge in [0.05, 0.1) is 13.0 Å². The van der Waals surface area contributed by atoms with Crippen LogP contribution in [0.15, 0.2) is 0 Å². The molecular formula is C11H22O3. The lowest BCUT2D eigenvalue weighted by molar-refractivity contribution is -0.138. The maximum absolute atomic E-state index is 10.2. The van der Waals surface area contributed by atoms with Crippen LogP contribution in [0.25, 0.3) is 0 Å². The molecule has 0 aromatic heterocycles. The quantitative estimate of drug-likeness (QED) is 0.585. The van der Waals surface area contributed by atoms with E-state index in [9.17, 15) is 4.79 Å². The molecule has 0 saturated carbocycles. The van der Waals surface area contributed by atoms with Gasteiger partial charge in [-0.25, -0.2) is 0 Å². The first-order valence-corrected chi connectivity index (χ1v) is 5.50. The third-order valence-electron chi connectivity index (χ3n) is 2.36.